The Balaban J connectivity index is 2.09. The van der Waals surface area contributed by atoms with E-state index < -0.39 is 34.9 Å². The molecule has 0 amide bonds. The molecule has 25 heavy (non-hydrogen) atoms. The van der Waals surface area contributed by atoms with Gasteiger partial charge in [0.05, 0.1) is 11.1 Å². The number of rotatable bonds is 2. The van der Waals surface area contributed by atoms with Crippen LogP contribution in [0, 0.1) is 0 Å². The van der Waals surface area contributed by atoms with Crippen molar-refractivity contribution in [3.8, 4) is 22.8 Å². The van der Waals surface area contributed by atoms with Gasteiger partial charge in [0.25, 0.3) is 5.89 Å². The lowest BCUT2D eigenvalue weighted by atomic mass is 10.0. The SMILES string of the molecule is FC(F)(F)c1cc(-c2nc(-c3ccccc3)no2)cc(C(F)(F)F)c1. The number of halogens is 6. The highest BCUT2D eigenvalue weighted by atomic mass is 19.4. The van der Waals surface area contributed by atoms with Gasteiger partial charge in [-0.05, 0) is 18.2 Å². The number of nitrogens with zero attached hydrogens (tertiary/aromatic N) is 2. The molecule has 0 saturated heterocycles. The van der Waals surface area contributed by atoms with Gasteiger partial charge in [0.1, 0.15) is 0 Å². The first-order valence-corrected chi connectivity index (χ1v) is 6.83. The van der Waals surface area contributed by atoms with Crippen LogP contribution in [0.2, 0.25) is 0 Å². The monoisotopic (exact) mass is 358 g/mol. The van der Waals surface area contributed by atoms with E-state index >= 15 is 0 Å². The summed E-state index contributed by atoms with van der Waals surface area (Å²) in [5.41, 5.74) is -2.84. The first-order chi connectivity index (χ1) is 11.6. The van der Waals surface area contributed by atoms with Crippen LogP contribution in [0.5, 0.6) is 0 Å². The molecule has 1 heterocycles. The Kier molecular flexibility index (Phi) is 4.02. The standard InChI is InChI=1S/C16H8F6N2O/c17-15(18,19)11-6-10(7-12(8-11)16(20,21)22)14-23-13(24-25-14)9-4-2-1-3-5-9/h1-8H. The third kappa shape index (κ3) is 3.65. The molecule has 0 atom stereocenters. The maximum atomic E-state index is 12.9. The molecular formula is C16H8F6N2O. The number of alkyl halides is 6. The van der Waals surface area contributed by atoms with E-state index in [-0.39, 0.29) is 11.9 Å². The third-order valence-electron chi connectivity index (χ3n) is 3.29. The molecule has 1 aromatic heterocycles. The Morgan fingerprint density at radius 2 is 1.28 bits per heavy atom. The van der Waals surface area contributed by atoms with Crippen molar-refractivity contribution in [3.05, 3.63) is 59.7 Å². The lowest BCUT2D eigenvalue weighted by Crippen LogP contribution is -2.11. The van der Waals surface area contributed by atoms with Gasteiger partial charge in [0.15, 0.2) is 0 Å². The molecular weight excluding hydrogens is 350 g/mol. The molecule has 130 valence electrons. The van der Waals surface area contributed by atoms with Crippen LogP contribution in [-0.4, -0.2) is 10.1 Å². The zero-order valence-electron chi connectivity index (χ0n) is 12.2. The number of hydrogen-bond donors (Lipinski definition) is 0. The van der Waals surface area contributed by atoms with E-state index in [0.717, 1.165) is 0 Å². The van der Waals surface area contributed by atoms with Gasteiger partial charge < -0.3 is 4.52 Å². The molecule has 0 radical (unpaired) electrons. The summed E-state index contributed by atoms with van der Waals surface area (Å²) in [6.07, 6.45) is -9.89. The lowest BCUT2D eigenvalue weighted by Gasteiger charge is -2.12. The van der Waals surface area contributed by atoms with Crippen molar-refractivity contribution in [2.24, 2.45) is 0 Å². The van der Waals surface area contributed by atoms with Crippen LogP contribution < -0.4 is 0 Å². The van der Waals surface area contributed by atoms with Gasteiger partial charge in [-0.1, -0.05) is 35.5 Å². The molecule has 0 aliphatic rings. The van der Waals surface area contributed by atoms with E-state index in [2.05, 4.69) is 10.1 Å². The summed E-state index contributed by atoms with van der Waals surface area (Å²) in [5.74, 6) is -0.378. The molecule has 9 heteroatoms. The third-order valence-corrected chi connectivity index (χ3v) is 3.29. The minimum Gasteiger partial charge on any atom is -0.334 e. The fraction of sp³-hybridized carbons (Fsp3) is 0.125. The Morgan fingerprint density at radius 1 is 0.720 bits per heavy atom. The first kappa shape index (κ1) is 17.0. The normalized spacial score (nSPS) is 12.4. The van der Waals surface area contributed by atoms with Crippen molar-refractivity contribution in [2.75, 3.05) is 0 Å². The zero-order valence-corrected chi connectivity index (χ0v) is 12.2. The van der Waals surface area contributed by atoms with Gasteiger partial charge in [-0.2, -0.15) is 31.3 Å². The molecule has 0 unspecified atom stereocenters. The summed E-state index contributed by atoms with van der Waals surface area (Å²) in [6.45, 7) is 0. The summed E-state index contributed by atoms with van der Waals surface area (Å²) < 4.78 is 82.2. The van der Waals surface area contributed by atoms with E-state index in [1.807, 2.05) is 0 Å². The molecule has 3 nitrogen and oxygen atoms in total. The maximum Gasteiger partial charge on any atom is 0.416 e. The van der Waals surface area contributed by atoms with Crippen molar-refractivity contribution < 1.29 is 30.9 Å². The minimum atomic E-state index is -4.95. The van der Waals surface area contributed by atoms with Gasteiger partial charge >= 0.3 is 12.4 Å². The highest BCUT2D eigenvalue weighted by molar-refractivity contribution is 5.61. The Hall–Kier alpha value is -2.84. The van der Waals surface area contributed by atoms with E-state index in [0.29, 0.717) is 17.7 Å². The Labute approximate surface area is 136 Å². The van der Waals surface area contributed by atoms with E-state index in [4.69, 9.17) is 4.52 Å². The van der Waals surface area contributed by atoms with Crippen LogP contribution in [0.15, 0.2) is 53.1 Å². The number of hydrogen-bond acceptors (Lipinski definition) is 3. The maximum absolute atomic E-state index is 12.9. The van der Waals surface area contributed by atoms with Gasteiger partial charge in [-0.3, -0.25) is 0 Å². The van der Waals surface area contributed by atoms with Gasteiger partial charge in [-0.25, -0.2) is 0 Å². The van der Waals surface area contributed by atoms with Crippen LogP contribution in [-0.2, 0) is 12.4 Å². The van der Waals surface area contributed by atoms with E-state index in [9.17, 15) is 26.3 Å². The van der Waals surface area contributed by atoms with E-state index in [1.54, 1.807) is 30.3 Å². The summed E-state index contributed by atoms with van der Waals surface area (Å²) >= 11 is 0. The number of benzene rings is 2. The second-order valence-corrected chi connectivity index (χ2v) is 5.08. The summed E-state index contributed by atoms with van der Waals surface area (Å²) in [7, 11) is 0. The minimum absolute atomic E-state index is 0.0397. The second kappa shape index (κ2) is 5.91. The Bertz CT molecular complexity index is 851. The molecule has 0 N–H and O–H groups in total. The number of aromatic nitrogens is 2. The largest absolute Gasteiger partial charge is 0.416 e. The van der Waals surface area contributed by atoms with Crippen LogP contribution >= 0.6 is 0 Å². The topological polar surface area (TPSA) is 38.9 Å². The molecule has 0 aliphatic carbocycles. The second-order valence-electron chi connectivity index (χ2n) is 5.08. The fourth-order valence-electron chi connectivity index (χ4n) is 2.12. The highest BCUT2D eigenvalue weighted by Crippen LogP contribution is 2.38. The van der Waals surface area contributed by atoms with Crippen molar-refractivity contribution in [1.29, 1.82) is 0 Å². The average molecular weight is 358 g/mol. The average Bonchev–Trinajstić information content (AvgIpc) is 3.04. The molecule has 2 aromatic carbocycles. The molecule has 3 aromatic rings. The molecule has 0 bridgehead atoms. The van der Waals surface area contributed by atoms with Gasteiger partial charge in [0.2, 0.25) is 5.82 Å². The van der Waals surface area contributed by atoms with Crippen LogP contribution in [0.1, 0.15) is 11.1 Å². The van der Waals surface area contributed by atoms with Crippen LogP contribution in [0.3, 0.4) is 0 Å². The molecule has 0 saturated carbocycles. The smallest absolute Gasteiger partial charge is 0.334 e. The predicted molar refractivity (Wildman–Crippen MR) is 75.2 cm³/mol. The summed E-state index contributed by atoms with van der Waals surface area (Å²) in [5, 5.41) is 3.60. The molecule has 3 rings (SSSR count). The zero-order chi connectivity index (χ0) is 18.2. The van der Waals surface area contributed by atoms with Gasteiger partial charge in [0, 0.05) is 11.1 Å². The van der Waals surface area contributed by atoms with Gasteiger partial charge in [-0.15, -0.1) is 0 Å². The van der Waals surface area contributed by atoms with Crippen LogP contribution in [0.4, 0.5) is 26.3 Å². The molecule has 0 aliphatic heterocycles. The van der Waals surface area contributed by atoms with Crippen molar-refractivity contribution >= 4 is 0 Å². The lowest BCUT2D eigenvalue weighted by molar-refractivity contribution is -0.143. The fourth-order valence-corrected chi connectivity index (χ4v) is 2.12. The van der Waals surface area contributed by atoms with Crippen molar-refractivity contribution in [2.45, 2.75) is 12.4 Å². The van der Waals surface area contributed by atoms with Crippen LogP contribution in [0.25, 0.3) is 22.8 Å². The quantitative estimate of drug-likeness (QED) is 0.573. The Morgan fingerprint density at radius 3 is 1.80 bits per heavy atom. The van der Waals surface area contributed by atoms with Crippen molar-refractivity contribution in [1.82, 2.24) is 10.1 Å². The molecule has 0 fully saturated rings. The summed E-state index contributed by atoms with van der Waals surface area (Å²) in [4.78, 5) is 3.88. The van der Waals surface area contributed by atoms with Crippen molar-refractivity contribution in [3.63, 3.8) is 0 Å². The first-order valence-electron chi connectivity index (χ1n) is 6.83. The summed E-state index contributed by atoms with van der Waals surface area (Å²) in [6, 6.07) is 9.46. The van der Waals surface area contributed by atoms with E-state index in [1.165, 1.54) is 0 Å². The predicted octanol–water partition coefficient (Wildman–Crippen LogP) is 5.44. The molecule has 0 spiro atoms. The highest BCUT2D eigenvalue weighted by Gasteiger charge is 2.37.